The Labute approximate surface area is 128 Å². The van der Waals surface area contributed by atoms with Crippen molar-refractivity contribution in [2.75, 3.05) is 26.7 Å². The van der Waals surface area contributed by atoms with Crippen LogP contribution in [0.5, 0.6) is 0 Å². The summed E-state index contributed by atoms with van der Waals surface area (Å²) in [6, 6.07) is 0. The Morgan fingerprint density at radius 1 is 1.00 bits per heavy atom. The van der Waals surface area contributed by atoms with E-state index in [0.717, 1.165) is 25.8 Å². The molecule has 0 atom stereocenters. The molecule has 0 heterocycles. The Hall–Kier alpha value is -0.810. The van der Waals surface area contributed by atoms with E-state index in [4.69, 9.17) is 0 Å². The fraction of sp³-hybridized carbons (Fsp3) is 0.857. The van der Waals surface area contributed by atoms with Crippen LogP contribution in [-0.2, 0) is 9.59 Å². The van der Waals surface area contributed by atoms with Crippen LogP contribution >= 0.6 is 12.4 Å². The van der Waals surface area contributed by atoms with Crippen molar-refractivity contribution in [3.8, 4) is 0 Å². The molecule has 0 aliphatic heterocycles. The number of nitrogens with one attached hydrogen (secondary N) is 3. The van der Waals surface area contributed by atoms with Crippen LogP contribution in [0.25, 0.3) is 0 Å². The van der Waals surface area contributed by atoms with Gasteiger partial charge in [-0.25, -0.2) is 0 Å². The quantitative estimate of drug-likeness (QED) is 0.591. The fourth-order valence-electron chi connectivity index (χ4n) is 2.46. The van der Waals surface area contributed by atoms with Crippen molar-refractivity contribution >= 4 is 24.2 Å². The average Bonchev–Trinajstić information content (AvgIpc) is 2.42. The van der Waals surface area contributed by atoms with Crippen LogP contribution < -0.4 is 16.0 Å². The highest BCUT2D eigenvalue weighted by molar-refractivity contribution is 5.85. The van der Waals surface area contributed by atoms with Gasteiger partial charge >= 0.3 is 0 Å². The molecule has 1 saturated carbocycles. The van der Waals surface area contributed by atoms with E-state index in [1.54, 1.807) is 0 Å². The Morgan fingerprint density at radius 2 is 1.70 bits per heavy atom. The molecular weight excluding hydrogens is 278 g/mol. The summed E-state index contributed by atoms with van der Waals surface area (Å²) in [6.07, 6.45) is 7.57. The second kappa shape index (κ2) is 12.0. The molecule has 1 aliphatic carbocycles. The number of hydrogen-bond donors (Lipinski definition) is 3. The van der Waals surface area contributed by atoms with E-state index in [0.29, 0.717) is 18.9 Å². The van der Waals surface area contributed by atoms with Gasteiger partial charge in [0.15, 0.2) is 0 Å². The van der Waals surface area contributed by atoms with Crippen LogP contribution in [0, 0.1) is 5.92 Å². The molecule has 0 aromatic heterocycles. The zero-order chi connectivity index (χ0) is 13.9. The highest BCUT2D eigenvalue weighted by Crippen LogP contribution is 2.25. The van der Waals surface area contributed by atoms with Crippen molar-refractivity contribution in [1.29, 1.82) is 0 Å². The number of halogens is 1. The minimum Gasteiger partial charge on any atom is -0.355 e. The van der Waals surface area contributed by atoms with Crippen molar-refractivity contribution < 1.29 is 9.59 Å². The lowest BCUT2D eigenvalue weighted by atomic mass is 9.87. The van der Waals surface area contributed by atoms with Gasteiger partial charge in [-0.3, -0.25) is 9.59 Å². The molecule has 1 aliphatic rings. The standard InChI is InChI=1S/C14H27N3O2.ClH/c1-15-8-5-9-16-14(19)11-17-13(18)10-12-6-3-2-4-7-12;/h12,15H,2-11H2,1H3,(H,16,19)(H,17,18);1H. The Bertz CT molecular complexity index is 282. The highest BCUT2D eigenvalue weighted by atomic mass is 35.5. The van der Waals surface area contributed by atoms with Gasteiger partial charge in [-0.1, -0.05) is 19.3 Å². The lowest BCUT2D eigenvalue weighted by Gasteiger charge is -2.20. The molecular formula is C14H28ClN3O2. The molecule has 0 aromatic rings. The molecule has 0 saturated heterocycles. The predicted molar refractivity (Wildman–Crippen MR) is 83.0 cm³/mol. The van der Waals surface area contributed by atoms with E-state index in [-0.39, 0.29) is 30.8 Å². The minimum absolute atomic E-state index is 0. The molecule has 2 amide bonds. The van der Waals surface area contributed by atoms with Crippen LogP contribution in [0.15, 0.2) is 0 Å². The first-order valence-electron chi connectivity index (χ1n) is 7.40. The van der Waals surface area contributed by atoms with Crippen LogP contribution in [0.3, 0.4) is 0 Å². The van der Waals surface area contributed by atoms with Crippen molar-refractivity contribution in [3.05, 3.63) is 0 Å². The first kappa shape index (κ1) is 19.2. The molecule has 0 bridgehead atoms. The van der Waals surface area contributed by atoms with Crippen LogP contribution in [0.4, 0.5) is 0 Å². The van der Waals surface area contributed by atoms with E-state index >= 15 is 0 Å². The summed E-state index contributed by atoms with van der Waals surface area (Å²) >= 11 is 0. The number of carbonyl (C=O) groups is 2. The molecule has 118 valence electrons. The number of amides is 2. The van der Waals surface area contributed by atoms with Gasteiger partial charge in [0.25, 0.3) is 0 Å². The van der Waals surface area contributed by atoms with Crippen molar-refractivity contribution in [3.63, 3.8) is 0 Å². The molecule has 0 aromatic carbocycles. The third-order valence-electron chi connectivity index (χ3n) is 3.57. The molecule has 0 radical (unpaired) electrons. The van der Waals surface area contributed by atoms with Gasteiger partial charge in [0, 0.05) is 13.0 Å². The van der Waals surface area contributed by atoms with Crippen molar-refractivity contribution in [2.24, 2.45) is 5.92 Å². The van der Waals surface area contributed by atoms with Gasteiger partial charge in [-0.05, 0) is 38.8 Å². The lowest BCUT2D eigenvalue weighted by Crippen LogP contribution is -2.38. The first-order valence-corrected chi connectivity index (χ1v) is 7.40. The summed E-state index contributed by atoms with van der Waals surface area (Å²) in [5.74, 6) is 0.429. The monoisotopic (exact) mass is 305 g/mol. The van der Waals surface area contributed by atoms with E-state index in [1.807, 2.05) is 7.05 Å². The molecule has 6 heteroatoms. The van der Waals surface area contributed by atoms with Gasteiger partial charge in [0.1, 0.15) is 0 Å². The average molecular weight is 306 g/mol. The maximum absolute atomic E-state index is 11.7. The van der Waals surface area contributed by atoms with E-state index in [1.165, 1.54) is 19.3 Å². The second-order valence-electron chi connectivity index (χ2n) is 5.29. The van der Waals surface area contributed by atoms with Gasteiger partial charge in [0.05, 0.1) is 6.54 Å². The zero-order valence-electron chi connectivity index (χ0n) is 12.4. The minimum atomic E-state index is -0.104. The number of hydrogen-bond acceptors (Lipinski definition) is 3. The smallest absolute Gasteiger partial charge is 0.239 e. The second-order valence-corrected chi connectivity index (χ2v) is 5.29. The fourth-order valence-corrected chi connectivity index (χ4v) is 2.46. The summed E-state index contributed by atoms with van der Waals surface area (Å²) in [5, 5.41) is 8.50. The first-order chi connectivity index (χ1) is 9.22. The lowest BCUT2D eigenvalue weighted by molar-refractivity contribution is -0.126. The molecule has 0 unspecified atom stereocenters. The normalized spacial score (nSPS) is 15.2. The summed E-state index contributed by atoms with van der Waals surface area (Å²) < 4.78 is 0. The third-order valence-corrected chi connectivity index (χ3v) is 3.57. The van der Waals surface area contributed by atoms with Gasteiger partial charge in [0.2, 0.25) is 11.8 Å². The molecule has 1 fully saturated rings. The van der Waals surface area contributed by atoms with Crippen molar-refractivity contribution in [1.82, 2.24) is 16.0 Å². The molecule has 1 rings (SSSR count). The van der Waals surface area contributed by atoms with Crippen molar-refractivity contribution in [2.45, 2.75) is 44.9 Å². The Morgan fingerprint density at radius 3 is 2.35 bits per heavy atom. The van der Waals surface area contributed by atoms with Gasteiger partial charge in [-0.15, -0.1) is 12.4 Å². The number of rotatable bonds is 8. The number of carbonyl (C=O) groups excluding carboxylic acids is 2. The SMILES string of the molecule is CNCCCNC(=O)CNC(=O)CC1CCCCC1.Cl. The maximum atomic E-state index is 11.7. The maximum Gasteiger partial charge on any atom is 0.239 e. The molecule has 3 N–H and O–H groups in total. The summed E-state index contributed by atoms with van der Waals surface area (Å²) in [5.41, 5.74) is 0. The van der Waals surface area contributed by atoms with E-state index < -0.39 is 0 Å². The van der Waals surface area contributed by atoms with Gasteiger partial charge < -0.3 is 16.0 Å². The van der Waals surface area contributed by atoms with Crippen LogP contribution in [0.1, 0.15) is 44.9 Å². The third kappa shape index (κ3) is 9.15. The van der Waals surface area contributed by atoms with Crippen LogP contribution in [0.2, 0.25) is 0 Å². The zero-order valence-corrected chi connectivity index (χ0v) is 13.2. The topological polar surface area (TPSA) is 70.2 Å². The Balaban J connectivity index is 0.00000361. The highest BCUT2D eigenvalue weighted by Gasteiger charge is 2.17. The van der Waals surface area contributed by atoms with Crippen LogP contribution in [-0.4, -0.2) is 38.5 Å². The molecule has 20 heavy (non-hydrogen) atoms. The molecule has 5 nitrogen and oxygen atoms in total. The molecule has 0 spiro atoms. The predicted octanol–water partition coefficient (Wildman–Crippen LogP) is 1.22. The Kier molecular flexibility index (Phi) is 11.5. The largest absolute Gasteiger partial charge is 0.355 e. The van der Waals surface area contributed by atoms with E-state index in [9.17, 15) is 9.59 Å². The summed E-state index contributed by atoms with van der Waals surface area (Å²) in [6.45, 7) is 1.64. The van der Waals surface area contributed by atoms with Gasteiger partial charge in [-0.2, -0.15) is 0 Å². The van der Waals surface area contributed by atoms with E-state index in [2.05, 4.69) is 16.0 Å². The summed E-state index contributed by atoms with van der Waals surface area (Å²) in [7, 11) is 1.88. The summed E-state index contributed by atoms with van der Waals surface area (Å²) in [4.78, 5) is 23.1.